The van der Waals surface area contributed by atoms with E-state index >= 15 is 0 Å². The molecule has 0 radical (unpaired) electrons. The van der Waals surface area contributed by atoms with E-state index in [1.807, 2.05) is 12.3 Å². The van der Waals surface area contributed by atoms with E-state index in [1.54, 1.807) is 30.7 Å². The third-order valence-corrected chi connectivity index (χ3v) is 5.16. The average Bonchev–Trinajstić information content (AvgIpc) is 3.31. The van der Waals surface area contributed by atoms with Gasteiger partial charge < -0.3 is 19.9 Å². The number of carboxylic acids is 1. The first kappa shape index (κ1) is 23.2. The number of piperazine rings is 1. The monoisotopic (exact) mass is 515 g/mol. The molecule has 0 saturated carbocycles. The Hall–Kier alpha value is -3.42. The van der Waals surface area contributed by atoms with Crippen molar-refractivity contribution in [3.8, 4) is 5.82 Å². The van der Waals surface area contributed by atoms with E-state index in [2.05, 4.69) is 45.8 Å². The number of nitrogens with zero attached hydrogens (tertiary/aromatic N) is 6. The minimum Gasteiger partial charge on any atom is -0.475 e. The van der Waals surface area contributed by atoms with Gasteiger partial charge in [-0.3, -0.25) is 4.79 Å². The molecule has 0 spiro atoms. The molecule has 0 atom stereocenters. The zero-order valence-electron chi connectivity index (χ0n) is 16.3. The van der Waals surface area contributed by atoms with Gasteiger partial charge in [0.1, 0.15) is 4.47 Å². The minimum atomic E-state index is -5.08. The molecule has 4 heterocycles. The summed E-state index contributed by atoms with van der Waals surface area (Å²) in [6, 6.07) is 5.38. The van der Waals surface area contributed by atoms with Crippen LogP contribution in [0.3, 0.4) is 0 Å². The third-order valence-electron chi connectivity index (χ3n) is 4.41. The van der Waals surface area contributed by atoms with Crippen molar-refractivity contribution in [3.05, 3.63) is 57.8 Å². The Kier molecular flexibility index (Phi) is 7.12. The third kappa shape index (κ3) is 5.43. The SMILES string of the molecule is O=C(O)C(F)(F)F.O=c1c(Br)c(N2CCN(c3ncc[nH]3)CC2)cnn1-c1ccccn1. The highest BCUT2D eigenvalue weighted by Gasteiger charge is 2.38. The number of rotatable bonds is 3. The number of alkyl halides is 3. The normalized spacial score (nSPS) is 14.0. The van der Waals surface area contributed by atoms with E-state index in [4.69, 9.17) is 9.90 Å². The van der Waals surface area contributed by atoms with Crippen LogP contribution in [0.5, 0.6) is 0 Å². The number of hydrogen-bond acceptors (Lipinski definition) is 7. The fourth-order valence-corrected chi connectivity index (χ4v) is 3.40. The summed E-state index contributed by atoms with van der Waals surface area (Å²) in [5.74, 6) is -1.38. The van der Waals surface area contributed by atoms with E-state index < -0.39 is 12.1 Å². The van der Waals surface area contributed by atoms with Gasteiger partial charge in [-0.05, 0) is 28.1 Å². The van der Waals surface area contributed by atoms with Crippen LogP contribution in [0.15, 0.2) is 52.3 Å². The molecule has 1 saturated heterocycles. The van der Waals surface area contributed by atoms with Crippen molar-refractivity contribution in [2.75, 3.05) is 36.0 Å². The number of imidazole rings is 1. The van der Waals surface area contributed by atoms with E-state index in [1.165, 1.54) is 4.68 Å². The summed E-state index contributed by atoms with van der Waals surface area (Å²) in [6.07, 6.45) is 1.83. The van der Waals surface area contributed by atoms with Gasteiger partial charge in [0.05, 0.1) is 11.9 Å². The van der Waals surface area contributed by atoms with Gasteiger partial charge in [-0.2, -0.15) is 23.0 Å². The Balaban J connectivity index is 0.000000360. The zero-order valence-corrected chi connectivity index (χ0v) is 17.9. The molecule has 2 N–H and O–H groups in total. The van der Waals surface area contributed by atoms with E-state index in [0.29, 0.717) is 10.3 Å². The van der Waals surface area contributed by atoms with Crippen LogP contribution < -0.4 is 15.4 Å². The number of halogens is 4. The number of hydrogen-bond donors (Lipinski definition) is 2. The lowest BCUT2D eigenvalue weighted by molar-refractivity contribution is -0.192. The quantitative estimate of drug-likeness (QED) is 0.543. The summed E-state index contributed by atoms with van der Waals surface area (Å²) in [7, 11) is 0. The number of carboxylic acid groups (broad SMARTS) is 1. The molecular weight excluding hydrogens is 499 g/mol. The van der Waals surface area contributed by atoms with Crippen LogP contribution in [0.1, 0.15) is 0 Å². The Morgan fingerprint density at radius 2 is 1.75 bits per heavy atom. The minimum absolute atomic E-state index is 0.218. The number of H-pyrrole nitrogens is 1. The van der Waals surface area contributed by atoms with Crippen LogP contribution in [-0.4, -0.2) is 68.2 Å². The lowest BCUT2D eigenvalue weighted by Crippen LogP contribution is -2.47. The van der Waals surface area contributed by atoms with Crippen molar-refractivity contribution in [1.29, 1.82) is 0 Å². The number of aliphatic carboxylic acids is 1. The van der Waals surface area contributed by atoms with Gasteiger partial charge >= 0.3 is 12.1 Å². The van der Waals surface area contributed by atoms with Gasteiger partial charge in [0.15, 0.2) is 5.82 Å². The maximum absolute atomic E-state index is 12.6. The molecule has 1 aliphatic rings. The van der Waals surface area contributed by atoms with E-state index in [0.717, 1.165) is 37.8 Å². The molecule has 0 bridgehead atoms. The number of aromatic nitrogens is 5. The van der Waals surface area contributed by atoms with Crippen molar-refractivity contribution in [2.24, 2.45) is 0 Å². The highest BCUT2D eigenvalue weighted by atomic mass is 79.9. The van der Waals surface area contributed by atoms with Crippen molar-refractivity contribution < 1.29 is 23.1 Å². The Labute approximate surface area is 187 Å². The molecule has 4 rings (SSSR count). The summed E-state index contributed by atoms with van der Waals surface area (Å²) in [4.78, 5) is 37.5. The first-order valence-corrected chi connectivity index (χ1v) is 9.96. The average molecular weight is 516 g/mol. The lowest BCUT2D eigenvalue weighted by atomic mass is 10.3. The molecule has 0 amide bonds. The molecule has 0 unspecified atom stereocenters. The van der Waals surface area contributed by atoms with Crippen LogP contribution in [-0.2, 0) is 4.79 Å². The van der Waals surface area contributed by atoms with Crippen LogP contribution in [0, 0.1) is 0 Å². The number of pyridine rings is 1. The first-order valence-electron chi connectivity index (χ1n) is 9.17. The van der Waals surface area contributed by atoms with Gasteiger partial charge in [-0.15, -0.1) is 0 Å². The van der Waals surface area contributed by atoms with E-state index in [-0.39, 0.29) is 5.56 Å². The van der Waals surface area contributed by atoms with E-state index in [9.17, 15) is 18.0 Å². The number of anilines is 2. The van der Waals surface area contributed by atoms with Crippen molar-refractivity contribution >= 4 is 33.5 Å². The highest BCUT2D eigenvalue weighted by Crippen LogP contribution is 2.24. The smallest absolute Gasteiger partial charge is 0.475 e. The van der Waals surface area contributed by atoms with Gasteiger partial charge in [0, 0.05) is 44.8 Å². The zero-order chi connectivity index (χ0) is 23.3. The molecule has 0 aromatic carbocycles. The largest absolute Gasteiger partial charge is 0.490 e. The summed E-state index contributed by atoms with van der Waals surface area (Å²) in [5, 5.41) is 11.4. The Morgan fingerprint density at radius 1 is 1.09 bits per heavy atom. The maximum Gasteiger partial charge on any atom is 0.490 e. The molecule has 1 fully saturated rings. The molecule has 14 heteroatoms. The first-order chi connectivity index (χ1) is 15.2. The van der Waals surface area contributed by atoms with Crippen molar-refractivity contribution in [2.45, 2.75) is 6.18 Å². The number of carbonyl (C=O) groups is 1. The fourth-order valence-electron chi connectivity index (χ4n) is 2.88. The van der Waals surface area contributed by atoms with Crippen LogP contribution in [0.4, 0.5) is 24.8 Å². The summed E-state index contributed by atoms with van der Waals surface area (Å²) in [5.41, 5.74) is 0.584. The topological polar surface area (TPSA) is 120 Å². The van der Waals surface area contributed by atoms with Crippen LogP contribution >= 0.6 is 15.9 Å². The van der Waals surface area contributed by atoms with Crippen LogP contribution in [0.25, 0.3) is 5.82 Å². The van der Waals surface area contributed by atoms with Crippen molar-refractivity contribution in [1.82, 2.24) is 24.7 Å². The predicted molar refractivity (Wildman–Crippen MR) is 112 cm³/mol. The van der Waals surface area contributed by atoms with Crippen LogP contribution in [0.2, 0.25) is 0 Å². The fraction of sp³-hybridized carbons (Fsp3) is 0.278. The molecule has 10 nitrogen and oxygen atoms in total. The second kappa shape index (κ2) is 9.80. The van der Waals surface area contributed by atoms with Crippen molar-refractivity contribution in [3.63, 3.8) is 0 Å². The van der Waals surface area contributed by atoms with Gasteiger partial charge in [0.25, 0.3) is 5.56 Å². The van der Waals surface area contributed by atoms with Gasteiger partial charge in [-0.25, -0.2) is 14.8 Å². The lowest BCUT2D eigenvalue weighted by Gasteiger charge is -2.36. The van der Waals surface area contributed by atoms with Gasteiger partial charge in [0.2, 0.25) is 5.95 Å². The number of nitrogens with one attached hydrogen (secondary N) is 1. The standard InChI is InChI=1S/C16H16BrN7O.C2HF3O2/c17-14-12(11-21-24(15(14)25)13-3-1-2-4-18-13)22-7-9-23(10-8-22)16-19-5-6-20-16;3-2(4,5)1(6)7/h1-6,11H,7-10H2,(H,19,20);(H,6,7). The second-order valence-corrected chi connectivity index (χ2v) is 7.23. The Bertz CT molecular complexity index is 1100. The molecule has 32 heavy (non-hydrogen) atoms. The molecule has 170 valence electrons. The maximum atomic E-state index is 12.6. The predicted octanol–water partition coefficient (Wildman–Crippen LogP) is 2.07. The Morgan fingerprint density at radius 3 is 2.28 bits per heavy atom. The molecule has 1 aliphatic heterocycles. The summed E-state index contributed by atoms with van der Waals surface area (Å²) >= 11 is 3.44. The van der Waals surface area contributed by atoms with Gasteiger partial charge in [-0.1, -0.05) is 6.07 Å². The second-order valence-electron chi connectivity index (χ2n) is 6.44. The molecule has 3 aromatic heterocycles. The highest BCUT2D eigenvalue weighted by molar-refractivity contribution is 9.10. The summed E-state index contributed by atoms with van der Waals surface area (Å²) in [6.45, 7) is 3.22. The molecule has 3 aromatic rings. The molecule has 0 aliphatic carbocycles. The molecular formula is C18H17BrF3N7O3. The number of aromatic amines is 1. The summed E-state index contributed by atoms with van der Waals surface area (Å²) < 4.78 is 33.5.